The van der Waals surface area contributed by atoms with Gasteiger partial charge in [-0.1, -0.05) is 249 Å². The Morgan fingerprint density at radius 3 is 1.18 bits per heavy atom. The van der Waals surface area contributed by atoms with Gasteiger partial charge in [0.1, 0.15) is 0 Å². The van der Waals surface area contributed by atoms with Crippen LogP contribution < -0.4 is 5.32 Å². The number of unbranched alkanes of at least 4 members (excludes halogenated alkanes) is 37. The van der Waals surface area contributed by atoms with Crippen LogP contribution in [0.4, 0.5) is 0 Å². The highest BCUT2D eigenvalue weighted by Crippen LogP contribution is 2.16. The van der Waals surface area contributed by atoms with E-state index >= 15 is 0 Å². The molecule has 6 heteroatoms. The molecule has 2 unspecified atom stereocenters. The number of nitrogens with one attached hydrogen (secondary N) is 1. The third kappa shape index (κ3) is 51.5. The number of carbonyl (C=O) groups is 2. The Bertz CT molecular complexity index is 1070. The number of aliphatic hydroxyl groups excluding tert-OH is 2. The van der Waals surface area contributed by atoms with Gasteiger partial charge in [0.25, 0.3) is 0 Å². The third-order valence-electron chi connectivity index (χ3n) is 13.4. The Hall–Kier alpha value is -1.92. The Balaban J connectivity index is 3.43. The van der Waals surface area contributed by atoms with Crippen LogP contribution in [0.2, 0.25) is 0 Å². The van der Waals surface area contributed by atoms with Crippen molar-refractivity contribution in [1.82, 2.24) is 5.32 Å². The average Bonchev–Trinajstić information content (AvgIpc) is 3.32. The van der Waals surface area contributed by atoms with Crippen LogP contribution in [0.15, 0.2) is 36.5 Å². The maximum Gasteiger partial charge on any atom is 0.305 e. The van der Waals surface area contributed by atoms with Crippen molar-refractivity contribution in [3.8, 4) is 0 Å². The van der Waals surface area contributed by atoms with E-state index in [1.165, 1.54) is 225 Å². The lowest BCUT2D eigenvalue weighted by Gasteiger charge is -2.22. The lowest BCUT2D eigenvalue weighted by atomic mass is 10.0. The lowest BCUT2D eigenvalue weighted by molar-refractivity contribution is -0.143. The van der Waals surface area contributed by atoms with Crippen LogP contribution in [0.5, 0.6) is 0 Å². The fourth-order valence-electron chi connectivity index (χ4n) is 8.90. The third-order valence-corrected chi connectivity index (χ3v) is 13.4. The predicted octanol–water partition coefficient (Wildman–Crippen LogP) is 18.0. The molecule has 0 spiro atoms. The molecule has 0 aromatic rings. The highest BCUT2D eigenvalue weighted by atomic mass is 16.5. The van der Waals surface area contributed by atoms with Crippen LogP contribution in [0.3, 0.4) is 0 Å². The number of carbonyl (C=O) groups excluding carboxylic acids is 2. The summed E-state index contributed by atoms with van der Waals surface area (Å²) in [6.45, 7) is 4.92. The van der Waals surface area contributed by atoms with Gasteiger partial charge in [-0.3, -0.25) is 9.59 Å². The SMILES string of the molecule is CCCCCC/C=C\CCCCCCCC(=O)OCCCCCCCCCCC/C=C\C/C=C\CCCCCCCCCCCC(=O)NC(CO)C(O)CCCCCCCCCCCCC. The quantitative estimate of drug-likeness (QED) is 0.0321. The van der Waals surface area contributed by atoms with E-state index < -0.39 is 12.1 Å². The van der Waals surface area contributed by atoms with Crippen molar-refractivity contribution >= 4 is 11.9 Å². The van der Waals surface area contributed by atoms with Crippen molar-refractivity contribution in [3.63, 3.8) is 0 Å². The Morgan fingerprint density at radius 1 is 0.424 bits per heavy atom. The first-order valence-electron chi connectivity index (χ1n) is 29.2. The number of hydrogen-bond acceptors (Lipinski definition) is 5. The lowest BCUT2D eigenvalue weighted by Crippen LogP contribution is -2.45. The number of rotatable bonds is 54. The second kappa shape index (κ2) is 55.7. The summed E-state index contributed by atoms with van der Waals surface area (Å²) in [5, 5.41) is 23.2. The summed E-state index contributed by atoms with van der Waals surface area (Å²) in [5.74, 6) is -0.0427. The van der Waals surface area contributed by atoms with E-state index in [9.17, 15) is 19.8 Å². The van der Waals surface area contributed by atoms with Gasteiger partial charge in [-0.15, -0.1) is 0 Å². The topological polar surface area (TPSA) is 95.9 Å². The predicted molar refractivity (Wildman–Crippen MR) is 287 cm³/mol. The summed E-state index contributed by atoms with van der Waals surface area (Å²) in [4.78, 5) is 24.4. The number of esters is 1. The van der Waals surface area contributed by atoms with Gasteiger partial charge in [0.2, 0.25) is 5.91 Å². The number of amides is 1. The minimum Gasteiger partial charge on any atom is -0.466 e. The molecule has 0 aromatic heterocycles. The van der Waals surface area contributed by atoms with Gasteiger partial charge < -0.3 is 20.3 Å². The summed E-state index contributed by atoms with van der Waals surface area (Å²) in [5.41, 5.74) is 0. The maximum absolute atomic E-state index is 12.4. The molecule has 2 atom stereocenters. The van der Waals surface area contributed by atoms with E-state index in [2.05, 4.69) is 55.6 Å². The van der Waals surface area contributed by atoms with Gasteiger partial charge in [-0.2, -0.15) is 0 Å². The standard InChI is InChI=1S/C60H113NO5/c1-3-5-7-9-11-13-15-29-34-38-42-46-50-54-60(65)66-55-51-47-43-39-35-31-28-26-24-22-20-18-16-17-19-21-23-25-27-30-33-37-41-45-49-53-59(64)61-57(56-62)58(63)52-48-44-40-36-32-14-12-10-8-6-4-2/h13,15,17-20,57-58,62-63H,3-12,14,16,21-56H2,1-2H3,(H,61,64)/b15-13-,19-17-,20-18-. The fourth-order valence-corrected chi connectivity index (χ4v) is 8.90. The molecular formula is C60H113NO5. The minimum absolute atomic E-state index is 0.000583. The van der Waals surface area contributed by atoms with Crippen LogP contribution in [0.25, 0.3) is 0 Å². The smallest absolute Gasteiger partial charge is 0.305 e. The zero-order chi connectivity index (χ0) is 47.9. The number of aliphatic hydroxyl groups is 2. The summed E-state index contributed by atoms with van der Waals surface area (Å²) in [6.07, 6.45) is 68.6. The molecule has 0 rings (SSSR count). The molecule has 3 N–H and O–H groups in total. The zero-order valence-corrected chi connectivity index (χ0v) is 44.2. The van der Waals surface area contributed by atoms with Crippen molar-refractivity contribution in [3.05, 3.63) is 36.5 Å². The Labute approximate surface area is 411 Å². The molecule has 0 heterocycles. The van der Waals surface area contributed by atoms with Crippen molar-refractivity contribution in [1.29, 1.82) is 0 Å². The van der Waals surface area contributed by atoms with Crippen LogP contribution in [-0.2, 0) is 14.3 Å². The minimum atomic E-state index is -0.667. The monoisotopic (exact) mass is 928 g/mol. The van der Waals surface area contributed by atoms with E-state index in [0.29, 0.717) is 25.9 Å². The highest BCUT2D eigenvalue weighted by Gasteiger charge is 2.20. The Kier molecular flexibility index (Phi) is 54.1. The van der Waals surface area contributed by atoms with Crippen LogP contribution in [-0.4, -0.2) is 47.4 Å². The molecule has 0 bridgehead atoms. The normalized spacial score (nSPS) is 12.8. The summed E-state index contributed by atoms with van der Waals surface area (Å²) < 4.78 is 5.46. The summed E-state index contributed by atoms with van der Waals surface area (Å²) in [6, 6.07) is -0.545. The summed E-state index contributed by atoms with van der Waals surface area (Å²) >= 11 is 0. The molecule has 0 aliphatic carbocycles. The van der Waals surface area contributed by atoms with E-state index in [4.69, 9.17) is 4.74 Å². The zero-order valence-electron chi connectivity index (χ0n) is 44.2. The van der Waals surface area contributed by atoms with Crippen LogP contribution in [0, 0.1) is 0 Å². The van der Waals surface area contributed by atoms with E-state index in [1.807, 2.05) is 0 Å². The molecule has 0 saturated carbocycles. The molecule has 6 nitrogen and oxygen atoms in total. The number of hydrogen-bond donors (Lipinski definition) is 3. The molecule has 66 heavy (non-hydrogen) atoms. The highest BCUT2D eigenvalue weighted by molar-refractivity contribution is 5.76. The average molecular weight is 929 g/mol. The summed E-state index contributed by atoms with van der Waals surface area (Å²) in [7, 11) is 0. The molecule has 388 valence electrons. The van der Waals surface area contributed by atoms with Crippen LogP contribution in [0.1, 0.15) is 309 Å². The first kappa shape index (κ1) is 64.1. The largest absolute Gasteiger partial charge is 0.466 e. The number of ether oxygens (including phenoxy) is 1. The van der Waals surface area contributed by atoms with Crippen molar-refractivity contribution in [2.45, 2.75) is 321 Å². The first-order valence-corrected chi connectivity index (χ1v) is 29.2. The van der Waals surface area contributed by atoms with E-state index in [-0.39, 0.29) is 18.5 Å². The molecule has 0 fully saturated rings. The molecule has 0 saturated heterocycles. The van der Waals surface area contributed by atoms with Gasteiger partial charge >= 0.3 is 5.97 Å². The second-order valence-electron chi connectivity index (χ2n) is 20.0. The van der Waals surface area contributed by atoms with E-state index in [1.54, 1.807) is 0 Å². The van der Waals surface area contributed by atoms with Crippen molar-refractivity contribution < 1.29 is 24.5 Å². The first-order chi connectivity index (χ1) is 32.5. The van der Waals surface area contributed by atoms with Gasteiger partial charge in [-0.05, 0) is 83.5 Å². The molecule has 0 aromatic carbocycles. The molecule has 0 aliphatic rings. The van der Waals surface area contributed by atoms with Gasteiger partial charge in [0, 0.05) is 12.8 Å². The van der Waals surface area contributed by atoms with Crippen LogP contribution >= 0.6 is 0 Å². The molecular weight excluding hydrogens is 815 g/mol. The molecule has 0 aliphatic heterocycles. The van der Waals surface area contributed by atoms with Gasteiger partial charge in [0.15, 0.2) is 0 Å². The van der Waals surface area contributed by atoms with Gasteiger partial charge in [0.05, 0.1) is 25.4 Å². The van der Waals surface area contributed by atoms with Gasteiger partial charge in [-0.25, -0.2) is 0 Å². The number of allylic oxidation sites excluding steroid dienone is 6. The Morgan fingerprint density at radius 2 is 0.758 bits per heavy atom. The molecule has 0 radical (unpaired) electrons. The van der Waals surface area contributed by atoms with E-state index in [0.717, 1.165) is 51.4 Å². The van der Waals surface area contributed by atoms with Crippen molar-refractivity contribution in [2.24, 2.45) is 0 Å². The van der Waals surface area contributed by atoms with Crippen molar-refractivity contribution in [2.75, 3.05) is 13.2 Å². The molecule has 1 amide bonds. The maximum atomic E-state index is 12.4. The fraction of sp³-hybridized carbons (Fsp3) is 0.867. The second-order valence-corrected chi connectivity index (χ2v) is 20.0.